The Morgan fingerprint density at radius 3 is 2.17 bits per heavy atom. The summed E-state index contributed by atoms with van der Waals surface area (Å²) in [6.45, 7) is 2.25. The summed E-state index contributed by atoms with van der Waals surface area (Å²) in [6, 6.07) is 4.65. The van der Waals surface area contributed by atoms with Crippen LogP contribution in [0.2, 0.25) is 0 Å². The number of carboxylic acid groups (broad SMARTS) is 1. The van der Waals surface area contributed by atoms with Gasteiger partial charge in [0.25, 0.3) is 0 Å². The molecule has 0 aromatic heterocycles. The van der Waals surface area contributed by atoms with Gasteiger partial charge in [0.05, 0.1) is 0 Å². The second kappa shape index (κ2) is 11.8. The van der Waals surface area contributed by atoms with Crippen LogP contribution in [0.1, 0.15) is 87.1 Å². The zero-order valence-corrected chi connectivity index (χ0v) is 14.3. The molecule has 3 heteroatoms. The highest BCUT2D eigenvalue weighted by Crippen LogP contribution is 2.20. The lowest BCUT2D eigenvalue weighted by Gasteiger charge is -2.01. The molecule has 128 valence electrons. The van der Waals surface area contributed by atoms with E-state index in [2.05, 4.69) is 13.0 Å². The van der Waals surface area contributed by atoms with Gasteiger partial charge in [0.2, 0.25) is 0 Å². The lowest BCUT2D eigenvalue weighted by molar-refractivity contribution is 0.0693. The van der Waals surface area contributed by atoms with Gasteiger partial charge in [0.1, 0.15) is 11.3 Å². The Morgan fingerprint density at radius 1 is 1.00 bits per heavy atom. The van der Waals surface area contributed by atoms with Gasteiger partial charge in [-0.1, -0.05) is 76.5 Å². The molecule has 0 radical (unpaired) electrons. The van der Waals surface area contributed by atoms with Crippen LogP contribution in [0.4, 0.5) is 0 Å². The molecule has 0 aliphatic heterocycles. The normalized spacial score (nSPS) is 11.2. The smallest absolute Gasteiger partial charge is 0.339 e. The highest BCUT2D eigenvalue weighted by atomic mass is 16.4. The number of carboxylic acids is 1. The number of rotatable bonds is 12. The SMILES string of the molecule is CCCCCCCCCCC/C=C/c1ccc(C(=O)O)c(O)c1. The van der Waals surface area contributed by atoms with Crippen LogP contribution in [0.25, 0.3) is 6.08 Å². The minimum atomic E-state index is -1.10. The predicted molar refractivity (Wildman–Crippen MR) is 95.9 cm³/mol. The van der Waals surface area contributed by atoms with Crippen LogP contribution in [0.5, 0.6) is 5.75 Å². The van der Waals surface area contributed by atoms with Crippen LogP contribution in [0.3, 0.4) is 0 Å². The van der Waals surface area contributed by atoms with E-state index in [1.807, 2.05) is 6.08 Å². The Hall–Kier alpha value is -1.77. The molecule has 2 N–H and O–H groups in total. The lowest BCUT2D eigenvalue weighted by Crippen LogP contribution is -1.96. The van der Waals surface area contributed by atoms with E-state index >= 15 is 0 Å². The maximum Gasteiger partial charge on any atom is 0.339 e. The van der Waals surface area contributed by atoms with Crippen LogP contribution < -0.4 is 0 Å². The van der Waals surface area contributed by atoms with Gasteiger partial charge in [-0.05, 0) is 30.5 Å². The van der Waals surface area contributed by atoms with Gasteiger partial charge in [-0.3, -0.25) is 0 Å². The first-order chi connectivity index (χ1) is 11.1. The van der Waals surface area contributed by atoms with Crippen molar-refractivity contribution in [3.8, 4) is 5.75 Å². The Morgan fingerprint density at radius 2 is 1.61 bits per heavy atom. The number of unbranched alkanes of at least 4 members (excludes halogenated alkanes) is 9. The maximum atomic E-state index is 10.8. The number of benzene rings is 1. The summed E-state index contributed by atoms with van der Waals surface area (Å²) >= 11 is 0. The minimum absolute atomic E-state index is 0.0545. The first kappa shape index (κ1) is 19.3. The van der Waals surface area contributed by atoms with Crippen LogP contribution in [0, 0.1) is 0 Å². The van der Waals surface area contributed by atoms with E-state index in [4.69, 9.17) is 5.11 Å². The van der Waals surface area contributed by atoms with Crippen molar-refractivity contribution in [1.82, 2.24) is 0 Å². The molecule has 0 heterocycles. The zero-order chi connectivity index (χ0) is 16.9. The van der Waals surface area contributed by atoms with E-state index in [0.717, 1.165) is 12.0 Å². The number of allylic oxidation sites excluding steroid dienone is 1. The van der Waals surface area contributed by atoms with Gasteiger partial charge in [-0.15, -0.1) is 0 Å². The number of aromatic hydroxyl groups is 1. The lowest BCUT2D eigenvalue weighted by atomic mass is 10.1. The highest BCUT2D eigenvalue weighted by Gasteiger charge is 2.08. The van der Waals surface area contributed by atoms with Gasteiger partial charge < -0.3 is 10.2 Å². The third-order valence-corrected chi connectivity index (χ3v) is 4.04. The Balaban J connectivity index is 2.13. The maximum absolute atomic E-state index is 10.8. The second-order valence-corrected chi connectivity index (χ2v) is 6.10. The van der Waals surface area contributed by atoms with Crippen molar-refractivity contribution < 1.29 is 15.0 Å². The van der Waals surface area contributed by atoms with Gasteiger partial charge in [0, 0.05) is 0 Å². The molecule has 1 aromatic carbocycles. The molecule has 0 spiro atoms. The average molecular weight is 318 g/mol. The fraction of sp³-hybridized carbons (Fsp3) is 0.550. The van der Waals surface area contributed by atoms with E-state index in [1.54, 1.807) is 6.07 Å². The summed E-state index contributed by atoms with van der Waals surface area (Å²) in [5, 5.41) is 18.5. The fourth-order valence-electron chi connectivity index (χ4n) is 2.63. The topological polar surface area (TPSA) is 57.5 Å². The first-order valence-corrected chi connectivity index (χ1v) is 8.88. The third-order valence-electron chi connectivity index (χ3n) is 4.04. The first-order valence-electron chi connectivity index (χ1n) is 8.88. The van der Waals surface area contributed by atoms with Crippen LogP contribution in [-0.2, 0) is 0 Å². The molecule has 0 saturated heterocycles. The molecule has 0 amide bonds. The van der Waals surface area contributed by atoms with Crippen molar-refractivity contribution in [2.24, 2.45) is 0 Å². The number of phenols is 1. The molecule has 0 aliphatic rings. The molecular formula is C20H30O3. The van der Waals surface area contributed by atoms with Crippen molar-refractivity contribution in [3.05, 3.63) is 35.4 Å². The number of aromatic carboxylic acids is 1. The molecule has 0 bridgehead atoms. The van der Waals surface area contributed by atoms with Crippen LogP contribution >= 0.6 is 0 Å². The molecule has 1 aromatic rings. The Kier molecular flexibility index (Phi) is 9.85. The van der Waals surface area contributed by atoms with E-state index in [9.17, 15) is 9.90 Å². The number of hydrogen-bond acceptors (Lipinski definition) is 2. The van der Waals surface area contributed by atoms with E-state index < -0.39 is 5.97 Å². The molecule has 0 fully saturated rings. The summed E-state index contributed by atoms with van der Waals surface area (Å²) < 4.78 is 0. The molecule has 23 heavy (non-hydrogen) atoms. The summed E-state index contributed by atoms with van der Waals surface area (Å²) in [6.07, 6.45) is 17.0. The van der Waals surface area contributed by atoms with Gasteiger partial charge in [-0.25, -0.2) is 4.79 Å². The molecular weight excluding hydrogens is 288 g/mol. The van der Waals surface area contributed by atoms with Gasteiger partial charge in [0.15, 0.2) is 0 Å². The monoisotopic (exact) mass is 318 g/mol. The van der Waals surface area contributed by atoms with Crippen LogP contribution in [-0.4, -0.2) is 16.2 Å². The van der Waals surface area contributed by atoms with Crippen LogP contribution in [0.15, 0.2) is 24.3 Å². The summed E-state index contributed by atoms with van der Waals surface area (Å²) in [5.41, 5.74) is 0.782. The number of hydrogen-bond donors (Lipinski definition) is 2. The van der Waals surface area contributed by atoms with Crippen molar-refractivity contribution in [3.63, 3.8) is 0 Å². The summed E-state index contributed by atoms with van der Waals surface area (Å²) in [5.74, 6) is -1.28. The zero-order valence-electron chi connectivity index (χ0n) is 14.3. The quantitative estimate of drug-likeness (QED) is 0.463. The Bertz CT molecular complexity index is 492. The van der Waals surface area contributed by atoms with Crippen molar-refractivity contribution in [2.45, 2.75) is 71.1 Å². The van der Waals surface area contributed by atoms with E-state index in [0.29, 0.717) is 0 Å². The summed E-state index contributed by atoms with van der Waals surface area (Å²) in [4.78, 5) is 10.8. The summed E-state index contributed by atoms with van der Waals surface area (Å²) in [7, 11) is 0. The molecule has 1 rings (SSSR count). The van der Waals surface area contributed by atoms with Gasteiger partial charge >= 0.3 is 5.97 Å². The molecule has 0 aliphatic carbocycles. The largest absolute Gasteiger partial charge is 0.507 e. The third kappa shape index (κ3) is 8.44. The molecule has 0 atom stereocenters. The van der Waals surface area contributed by atoms with E-state index in [-0.39, 0.29) is 11.3 Å². The second-order valence-electron chi connectivity index (χ2n) is 6.10. The molecule has 0 saturated carbocycles. The molecule has 0 unspecified atom stereocenters. The average Bonchev–Trinajstić information content (AvgIpc) is 2.52. The van der Waals surface area contributed by atoms with Crippen molar-refractivity contribution in [1.29, 1.82) is 0 Å². The number of carbonyl (C=O) groups is 1. The molecule has 3 nitrogen and oxygen atoms in total. The highest BCUT2D eigenvalue weighted by molar-refractivity contribution is 5.91. The van der Waals surface area contributed by atoms with E-state index in [1.165, 1.54) is 69.9 Å². The fourth-order valence-corrected chi connectivity index (χ4v) is 2.63. The Labute approximate surface area is 140 Å². The predicted octanol–water partition coefficient (Wildman–Crippen LogP) is 6.02. The van der Waals surface area contributed by atoms with Crippen molar-refractivity contribution >= 4 is 12.0 Å². The minimum Gasteiger partial charge on any atom is -0.507 e. The van der Waals surface area contributed by atoms with Crippen molar-refractivity contribution in [2.75, 3.05) is 0 Å². The van der Waals surface area contributed by atoms with Gasteiger partial charge in [-0.2, -0.15) is 0 Å². The standard InChI is InChI=1S/C20H30O3/c1-2-3-4-5-6-7-8-9-10-11-12-13-17-14-15-18(20(22)23)19(21)16-17/h12-16,21H,2-11H2,1H3,(H,22,23)/b13-12+.